The number of hydrogen-bond acceptors (Lipinski definition) is 5. The molecule has 1 aromatic carbocycles. The fraction of sp³-hybridized carbons (Fsp3) is 0.750. The minimum atomic E-state index is -0.699. The third-order valence-corrected chi connectivity index (χ3v) is 7.78. The summed E-state index contributed by atoms with van der Waals surface area (Å²) in [5, 5.41) is 0. The summed E-state index contributed by atoms with van der Waals surface area (Å²) in [5.41, 5.74) is -1.21. The van der Waals surface area contributed by atoms with Crippen molar-refractivity contribution in [2.45, 2.75) is 116 Å². The first-order chi connectivity index (χ1) is 16.4. The Labute approximate surface area is 227 Å². The van der Waals surface area contributed by atoms with Gasteiger partial charge in [-0.15, -0.1) is 0 Å². The van der Waals surface area contributed by atoms with Gasteiger partial charge in [-0.05, 0) is 66.0 Å². The van der Waals surface area contributed by atoms with E-state index in [1.807, 2.05) is 19.9 Å². The summed E-state index contributed by atoms with van der Waals surface area (Å²) in [5.74, 6) is 0.296. The van der Waals surface area contributed by atoms with Crippen LogP contribution in [0.15, 0.2) is 18.2 Å². The van der Waals surface area contributed by atoms with Gasteiger partial charge < -0.3 is 14.2 Å². The van der Waals surface area contributed by atoms with Crippen molar-refractivity contribution in [2.24, 2.45) is 32.5 Å². The van der Waals surface area contributed by atoms with E-state index in [4.69, 9.17) is 14.2 Å². The molecule has 0 heterocycles. The van der Waals surface area contributed by atoms with Gasteiger partial charge >= 0.3 is 11.9 Å². The second kappa shape index (κ2) is 11.0. The first kappa shape index (κ1) is 33.0. The van der Waals surface area contributed by atoms with Gasteiger partial charge in [-0.25, -0.2) is 0 Å². The van der Waals surface area contributed by atoms with E-state index in [1.54, 1.807) is 19.2 Å². The number of rotatable bonds is 8. The van der Waals surface area contributed by atoms with Crippen LogP contribution in [-0.4, -0.2) is 19.0 Å². The smallest absolute Gasteiger partial charge is 0.317 e. The van der Waals surface area contributed by atoms with Gasteiger partial charge in [0.2, 0.25) is 0 Å². The largest absolute Gasteiger partial charge is 0.493 e. The van der Waals surface area contributed by atoms with Crippen molar-refractivity contribution in [1.29, 1.82) is 0 Å². The lowest BCUT2D eigenvalue weighted by molar-refractivity contribution is -0.166. The van der Waals surface area contributed by atoms with Gasteiger partial charge in [0.25, 0.3) is 0 Å². The molecule has 1 rings (SSSR count). The molecule has 0 saturated carbocycles. The van der Waals surface area contributed by atoms with Gasteiger partial charge in [0.05, 0.1) is 17.9 Å². The lowest BCUT2D eigenvalue weighted by Crippen LogP contribution is -2.45. The Kier molecular flexibility index (Phi) is 9.79. The molecular formula is C32H54O5. The monoisotopic (exact) mass is 518 g/mol. The predicted molar refractivity (Wildman–Crippen MR) is 152 cm³/mol. The van der Waals surface area contributed by atoms with E-state index in [-0.39, 0.29) is 40.2 Å². The predicted octanol–water partition coefficient (Wildman–Crippen LogP) is 8.62. The van der Waals surface area contributed by atoms with Gasteiger partial charge in [-0.1, -0.05) is 89.2 Å². The van der Waals surface area contributed by atoms with Crippen LogP contribution in [-0.2, 0) is 20.9 Å². The third kappa shape index (κ3) is 8.48. The molecule has 212 valence electrons. The Morgan fingerprint density at radius 3 is 1.46 bits per heavy atom. The summed E-state index contributed by atoms with van der Waals surface area (Å²) in [6.45, 7) is 29.4. The van der Waals surface area contributed by atoms with Gasteiger partial charge in [-0.3, -0.25) is 9.59 Å². The quantitative estimate of drug-likeness (QED) is 0.255. The van der Waals surface area contributed by atoms with E-state index >= 15 is 0 Å². The van der Waals surface area contributed by atoms with Crippen molar-refractivity contribution >= 4 is 11.9 Å². The molecular weight excluding hydrogens is 464 g/mol. The third-order valence-electron chi connectivity index (χ3n) is 7.78. The summed E-state index contributed by atoms with van der Waals surface area (Å²) in [6.07, 6.45) is 1.39. The summed E-state index contributed by atoms with van der Waals surface area (Å²) in [6, 6.07) is 5.30. The Morgan fingerprint density at radius 2 is 1.08 bits per heavy atom. The minimum absolute atomic E-state index is 0.0235. The van der Waals surface area contributed by atoms with Crippen molar-refractivity contribution in [3.8, 4) is 11.5 Å². The van der Waals surface area contributed by atoms with Crippen LogP contribution in [0.25, 0.3) is 0 Å². The average Bonchev–Trinajstić information content (AvgIpc) is 2.68. The van der Waals surface area contributed by atoms with E-state index < -0.39 is 10.8 Å². The molecule has 0 aliphatic carbocycles. The Morgan fingerprint density at radius 1 is 0.649 bits per heavy atom. The molecule has 5 nitrogen and oxygen atoms in total. The van der Waals surface area contributed by atoms with Crippen molar-refractivity contribution in [1.82, 2.24) is 0 Å². The van der Waals surface area contributed by atoms with Crippen LogP contribution in [0.3, 0.4) is 0 Å². The molecule has 0 fully saturated rings. The highest BCUT2D eigenvalue weighted by Gasteiger charge is 2.49. The summed E-state index contributed by atoms with van der Waals surface area (Å²) < 4.78 is 17.3. The van der Waals surface area contributed by atoms with Gasteiger partial charge in [0.15, 0.2) is 11.5 Å². The molecule has 0 aliphatic rings. The molecule has 1 aromatic rings. The first-order valence-corrected chi connectivity index (χ1v) is 13.4. The first-order valence-electron chi connectivity index (χ1n) is 13.4. The lowest BCUT2D eigenvalue weighted by atomic mass is 9.61. The number of benzene rings is 1. The maximum absolute atomic E-state index is 13.5. The van der Waals surface area contributed by atoms with Gasteiger partial charge in [0, 0.05) is 0 Å². The van der Waals surface area contributed by atoms with Crippen LogP contribution in [0.4, 0.5) is 0 Å². The topological polar surface area (TPSA) is 61.8 Å². The SMILES string of the molecule is COc1cc(COC(=O)C(C)(CC(C)(C)C)C(C)(C)C)ccc1OC(=O)C(C)(CC(C)(C)C)C(C)(C)C. The van der Waals surface area contributed by atoms with Crippen LogP contribution in [0.5, 0.6) is 11.5 Å². The zero-order chi connectivity index (χ0) is 29.3. The number of esters is 2. The molecule has 0 amide bonds. The Hall–Kier alpha value is -2.04. The second-order valence-electron chi connectivity index (χ2n) is 15.6. The number of carbonyl (C=O) groups is 2. The number of methoxy groups -OCH3 is 1. The van der Waals surface area contributed by atoms with E-state index in [9.17, 15) is 9.59 Å². The van der Waals surface area contributed by atoms with Crippen LogP contribution in [0, 0.1) is 32.5 Å². The molecule has 0 bridgehead atoms. The van der Waals surface area contributed by atoms with E-state index in [0.29, 0.717) is 24.3 Å². The highest BCUT2D eigenvalue weighted by Crippen LogP contribution is 2.49. The number of hydrogen-bond donors (Lipinski definition) is 0. The molecule has 0 aliphatic heterocycles. The van der Waals surface area contributed by atoms with Crippen LogP contribution in [0.1, 0.15) is 115 Å². The Balaban J connectivity index is 3.16. The average molecular weight is 519 g/mol. The molecule has 0 spiro atoms. The second-order valence-corrected chi connectivity index (χ2v) is 15.6. The summed E-state index contributed by atoms with van der Waals surface area (Å²) in [4.78, 5) is 26.8. The molecule has 2 atom stereocenters. The minimum Gasteiger partial charge on any atom is -0.493 e. The maximum Gasteiger partial charge on any atom is 0.317 e. The molecule has 37 heavy (non-hydrogen) atoms. The molecule has 0 N–H and O–H groups in total. The fourth-order valence-corrected chi connectivity index (χ4v) is 4.82. The molecule has 5 heteroatoms. The fourth-order valence-electron chi connectivity index (χ4n) is 4.82. The molecule has 0 saturated heterocycles. The Bertz CT molecular complexity index is 949. The summed E-state index contributed by atoms with van der Waals surface area (Å²) >= 11 is 0. The standard InChI is InChI=1S/C32H54O5/c1-27(2,3)20-31(13,29(7,8)9)25(33)36-19-22-16-17-23(24(18-22)35-15)37-26(34)32(14,30(10,11)12)21-28(4,5)6/h16-18H,19-21H2,1-15H3. The van der Waals surface area contributed by atoms with Crippen molar-refractivity contribution in [2.75, 3.05) is 7.11 Å². The van der Waals surface area contributed by atoms with E-state index in [1.165, 1.54) is 0 Å². The zero-order valence-corrected chi connectivity index (χ0v) is 26.4. The van der Waals surface area contributed by atoms with Crippen molar-refractivity contribution in [3.63, 3.8) is 0 Å². The van der Waals surface area contributed by atoms with Crippen molar-refractivity contribution < 1.29 is 23.8 Å². The molecule has 2 unspecified atom stereocenters. The number of ether oxygens (including phenoxy) is 3. The van der Waals surface area contributed by atoms with Crippen LogP contribution >= 0.6 is 0 Å². The van der Waals surface area contributed by atoms with Crippen LogP contribution in [0.2, 0.25) is 0 Å². The highest BCUT2D eigenvalue weighted by molar-refractivity contribution is 5.80. The normalized spacial score (nSPS) is 16.4. The maximum atomic E-state index is 13.5. The highest BCUT2D eigenvalue weighted by atomic mass is 16.6. The lowest BCUT2D eigenvalue weighted by Gasteiger charge is -2.43. The molecule has 0 radical (unpaired) electrons. The van der Waals surface area contributed by atoms with E-state index in [2.05, 4.69) is 83.1 Å². The van der Waals surface area contributed by atoms with Gasteiger partial charge in [0.1, 0.15) is 6.61 Å². The van der Waals surface area contributed by atoms with Gasteiger partial charge in [-0.2, -0.15) is 0 Å². The molecule has 0 aromatic heterocycles. The summed E-state index contributed by atoms with van der Waals surface area (Å²) in [7, 11) is 1.54. The number of carbonyl (C=O) groups excluding carboxylic acids is 2. The van der Waals surface area contributed by atoms with Crippen LogP contribution < -0.4 is 9.47 Å². The zero-order valence-electron chi connectivity index (χ0n) is 26.4. The van der Waals surface area contributed by atoms with E-state index in [0.717, 1.165) is 5.56 Å². The van der Waals surface area contributed by atoms with Crippen molar-refractivity contribution in [3.05, 3.63) is 23.8 Å².